The third-order valence-electron chi connectivity index (χ3n) is 9.51. The Labute approximate surface area is 255 Å². The van der Waals surface area contributed by atoms with Crippen molar-refractivity contribution < 1.29 is 23.5 Å². The molecular formula is C35H50O5Si2. The Hall–Kier alpha value is -2.14. The van der Waals surface area contributed by atoms with E-state index in [2.05, 4.69) is 103 Å². The van der Waals surface area contributed by atoms with Gasteiger partial charge in [-0.3, -0.25) is 4.79 Å². The Balaban J connectivity index is 1.82. The zero-order valence-electron chi connectivity index (χ0n) is 27.2. The van der Waals surface area contributed by atoms with Crippen molar-refractivity contribution in [2.45, 2.75) is 103 Å². The van der Waals surface area contributed by atoms with Crippen molar-refractivity contribution in [3.05, 3.63) is 83.5 Å². The average Bonchev–Trinajstić information content (AvgIpc) is 3.66. The van der Waals surface area contributed by atoms with Gasteiger partial charge in [-0.2, -0.15) is 0 Å². The summed E-state index contributed by atoms with van der Waals surface area (Å²) in [5, 5.41) is 14.0. The van der Waals surface area contributed by atoms with Gasteiger partial charge in [-0.05, 0) is 53.0 Å². The lowest BCUT2D eigenvalue weighted by molar-refractivity contribution is -0.117. The number of rotatable bonds is 10. The molecule has 0 amide bonds. The number of fused-ring (bicyclic) bond motifs is 1. The second-order valence-corrected chi connectivity index (χ2v) is 23.8. The quantitative estimate of drug-likeness (QED) is 0.195. The van der Waals surface area contributed by atoms with Gasteiger partial charge >= 0.3 is 0 Å². The maximum atomic E-state index is 14.0. The number of allylic oxidation sites excluding steroid dienone is 1. The number of ether oxygens (including phenoxy) is 1. The molecule has 1 aliphatic heterocycles. The molecule has 7 heteroatoms. The van der Waals surface area contributed by atoms with Crippen LogP contribution in [0.5, 0.6) is 0 Å². The molecule has 0 unspecified atom stereocenters. The molecule has 0 aromatic heterocycles. The Kier molecular flexibility index (Phi) is 9.17. The van der Waals surface area contributed by atoms with Gasteiger partial charge in [-0.25, -0.2) is 0 Å². The van der Waals surface area contributed by atoms with Crippen LogP contribution in [0.2, 0.25) is 23.2 Å². The third-order valence-corrected chi connectivity index (χ3v) is 19.0. The van der Waals surface area contributed by atoms with Crippen LogP contribution in [0.3, 0.4) is 0 Å². The zero-order valence-corrected chi connectivity index (χ0v) is 29.2. The van der Waals surface area contributed by atoms with Crippen LogP contribution in [0.1, 0.15) is 61.8 Å². The highest BCUT2D eigenvalue weighted by Crippen LogP contribution is 2.51. The van der Waals surface area contributed by atoms with E-state index in [-0.39, 0.29) is 29.1 Å². The van der Waals surface area contributed by atoms with E-state index in [1.54, 1.807) is 0 Å². The van der Waals surface area contributed by atoms with Gasteiger partial charge in [0.15, 0.2) is 20.2 Å². The van der Waals surface area contributed by atoms with Crippen LogP contribution < -0.4 is 10.4 Å². The highest BCUT2D eigenvalue weighted by molar-refractivity contribution is 6.99. The fourth-order valence-corrected chi connectivity index (χ4v) is 11.3. The summed E-state index contributed by atoms with van der Waals surface area (Å²) in [4.78, 5) is 14.0. The van der Waals surface area contributed by atoms with E-state index in [1.807, 2.05) is 32.1 Å². The second kappa shape index (κ2) is 11.7. The lowest BCUT2D eigenvalue weighted by Gasteiger charge is -2.44. The summed E-state index contributed by atoms with van der Waals surface area (Å²) in [5.74, 6) is -0.0813. The molecule has 228 valence electrons. The molecule has 3 atom stereocenters. The second-order valence-electron chi connectivity index (χ2n) is 14.7. The molecule has 4 rings (SSSR count). The summed E-state index contributed by atoms with van der Waals surface area (Å²) in [6.45, 7) is 21.9. The maximum absolute atomic E-state index is 14.0. The number of hydrogen-bond donors (Lipinski definition) is 1. The summed E-state index contributed by atoms with van der Waals surface area (Å²) in [5.41, 5.74) is 1.29. The summed E-state index contributed by atoms with van der Waals surface area (Å²) < 4.78 is 19.9. The van der Waals surface area contributed by atoms with Crippen LogP contribution in [-0.2, 0) is 18.4 Å². The monoisotopic (exact) mass is 606 g/mol. The number of benzene rings is 2. The van der Waals surface area contributed by atoms with Crippen LogP contribution in [0.25, 0.3) is 0 Å². The minimum Gasteiger partial charge on any atom is -0.412 e. The van der Waals surface area contributed by atoms with E-state index in [4.69, 9.17) is 13.6 Å². The van der Waals surface area contributed by atoms with Gasteiger partial charge in [0.1, 0.15) is 11.7 Å². The third kappa shape index (κ3) is 5.97. The van der Waals surface area contributed by atoms with Crippen molar-refractivity contribution in [1.29, 1.82) is 0 Å². The summed E-state index contributed by atoms with van der Waals surface area (Å²) in [7, 11) is -5.09. The first-order valence-electron chi connectivity index (χ1n) is 15.1. The lowest BCUT2D eigenvalue weighted by Crippen LogP contribution is -2.67. The number of ketones is 1. The van der Waals surface area contributed by atoms with Crippen LogP contribution in [-0.4, -0.2) is 58.5 Å². The molecule has 5 nitrogen and oxygen atoms in total. The first-order valence-corrected chi connectivity index (χ1v) is 19.9. The summed E-state index contributed by atoms with van der Waals surface area (Å²) >= 11 is 0. The normalized spacial score (nSPS) is 23.1. The van der Waals surface area contributed by atoms with E-state index in [0.717, 1.165) is 15.9 Å². The fraction of sp³-hybridized carbons (Fsp3) is 0.514. The van der Waals surface area contributed by atoms with Crippen molar-refractivity contribution in [1.82, 2.24) is 0 Å². The highest BCUT2D eigenvalue weighted by atomic mass is 28.4. The molecule has 1 N–H and O–H groups in total. The Morgan fingerprint density at radius 1 is 0.881 bits per heavy atom. The molecule has 2 aromatic carbocycles. The van der Waals surface area contributed by atoms with Crippen molar-refractivity contribution in [3.63, 3.8) is 0 Å². The predicted molar refractivity (Wildman–Crippen MR) is 176 cm³/mol. The van der Waals surface area contributed by atoms with Gasteiger partial charge in [0.2, 0.25) is 0 Å². The van der Waals surface area contributed by atoms with E-state index in [9.17, 15) is 9.90 Å². The SMILES string of the molecule is CC(C)=CC[C@]12O[C@H]1C(=O)C(CO[Si](C)(C)C(C)(C)C)=C(CO[Si](c1ccccc1)(c1ccccc1)C(C)(C)C)[C@@H]2O. The summed E-state index contributed by atoms with van der Waals surface area (Å²) in [6, 6.07) is 20.9. The Bertz CT molecular complexity index is 1290. The van der Waals surface area contributed by atoms with E-state index < -0.39 is 34.4 Å². The highest BCUT2D eigenvalue weighted by Gasteiger charge is 2.68. The molecule has 1 heterocycles. The van der Waals surface area contributed by atoms with Crippen LogP contribution >= 0.6 is 0 Å². The largest absolute Gasteiger partial charge is 0.412 e. The molecule has 0 radical (unpaired) electrons. The number of aliphatic hydroxyl groups is 1. The molecular weight excluding hydrogens is 557 g/mol. The molecule has 1 saturated heterocycles. The smallest absolute Gasteiger partial charge is 0.261 e. The minimum atomic E-state index is -2.91. The summed E-state index contributed by atoms with van der Waals surface area (Å²) in [6.07, 6.45) is 0.907. The van der Waals surface area contributed by atoms with Gasteiger partial charge in [-0.15, -0.1) is 0 Å². The average molecular weight is 607 g/mol. The Morgan fingerprint density at radius 3 is 1.86 bits per heavy atom. The van der Waals surface area contributed by atoms with E-state index >= 15 is 0 Å². The van der Waals surface area contributed by atoms with Crippen molar-refractivity contribution in [2.24, 2.45) is 0 Å². The number of Topliss-reactive ketones (excluding diaryl/α,β-unsaturated/α-hetero) is 1. The zero-order chi connectivity index (χ0) is 31.1. The van der Waals surface area contributed by atoms with Gasteiger partial charge in [0, 0.05) is 12.0 Å². The molecule has 2 aromatic rings. The molecule has 0 bridgehead atoms. The van der Waals surface area contributed by atoms with E-state index in [0.29, 0.717) is 17.6 Å². The molecule has 1 aliphatic carbocycles. The number of carbonyl (C=O) groups is 1. The molecule has 42 heavy (non-hydrogen) atoms. The Morgan fingerprint density at radius 2 is 1.40 bits per heavy atom. The molecule has 2 aliphatic rings. The van der Waals surface area contributed by atoms with Gasteiger partial charge in [0.05, 0.1) is 13.2 Å². The fourth-order valence-electron chi connectivity index (χ4n) is 5.82. The van der Waals surface area contributed by atoms with Crippen molar-refractivity contribution in [2.75, 3.05) is 13.2 Å². The molecule has 0 spiro atoms. The maximum Gasteiger partial charge on any atom is 0.261 e. The van der Waals surface area contributed by atoms with E-state index in [1.165, 1.54) is 0 Å². The predicted octanol–water partition coefficient (Wildman–Crippen LogP) is 6.32. The molecule has 1 fully saturated rings. The van der Waals surface area contributed by atoms with Gasteiger partial charge < -0.3 is 18.7 Å². The topological polar surface area (TPSA) is 68.3 Å². The van der Waals surface area contributed by atoms with Gasteiger partial charge in [-0.1, -0.05) is 114 Å². The van der Waals surface area contributed by atoms with Crippen LogP contribution in [0.15, 0.2) is 83.5 Å². The van der Waals surface area contributed by atoms with Gasteiger partial charge in [0.25, 0.3) is 8.32 Å². The number of aliphatic hydroxyl groups excluding tert-OH is 1. The van der Waals surface area contributed by atoms with Crippen LogP contribution in [0.4, 0.5) is 0 Å². The minimum absolute atomic E-state index is 0.0151. The number of hydrogen-bond acceptors (Lipinski definition) is 5. The van der Waals surface area contributed by atoms with Crippen molar-refractivity contribution >= 4 is 32.8 Å². The lowest BCUT2D eigenvalue weighted by atomic mass is 9.79. The van der Waals surface area contributed by atoms with Crippen LogP contribution in [0, 0.1) is 0 Å². The number of epoxide rings is 1. The molecule has 0 saturated carbocycles. The first kappa shape index (κ1) is 32.8. The van der Waals surface area contributed by atoms with Crippen molar-refractivity contribution in [3.8, 4) is 0 Å². The first-order chi connectivity index (χ1) is 19.5. The standard InChI is InChI=1S/C35H50O5Si2/c1-25(2)21-22-35-31(37)29(28(30(36)32(35)40-35)23-38-41(9,10)33(3,4)5)24-39-42(34(6,7)8,26-17-13-11-14-18-26)27-19-15-12-16-20-27/h11-21,31-32,37H,22-24H2,1-10H3/t31-,32-,35+/m0/s1. The number of carbonyl (C=O) groups excluding carboxylic acids is 1.